The van der Waals surface area contributed by atoms with Crippen molar-refractivity contribution in [3.05, 3.63) is 35.4 Å². The highest BCUT2D eigenvalue weighted by molar-refractivity contribution is 5.98. The topological polar surface area (TPSA) is 60.4 Å². The Bertz CT molecular complexity index is 671. The van der Waals surface area contributed by atoms with Crippen molar-refractivity contribution in [1.82, 2.24) is 4.90 Å². The number of rotatable bonds is 9. The van der Waals surface area contributed by atoms with Gasteiger partial charge in [-0.1, -0.05) is 42.8 Å². The van der Waals surface area contributed by atoms with Crippen molar-refractivity contribution in [3.63, 3.8) is 0 Å². The number of nitrogens with zero attached hydrogens (tertiary/aromatic N) is 2. The molecule has 0 spiro atoms. The van der Waals surface area contributed by atoms with Gasteiger partial charge >= 0.3 is 6.09 Å². The Balaban J connectivity index is 1.63. The molecule has 0 saturated carbocycles. The lowest BCUT2D eigenvalue weighted by atomic mass is 10.0. The van der Waals surface area contributed by atoms with Crippen molar-refractivity contribution in [2.45, 2.75) is 78.4 Å². The van der Waals surface area contributed by atoms with Gasteiger partial charge in [-0.3, -0.25) is 0 Å². The van der Waals surface area contributed by atoms with Crippen LogP contribution in [-0.4, -0.2) is 54.7 Å². The number of piperidine rings is 1. The van der Waals surface area contributed by atoms with E-state index < -0.39 is 5.60 Å². The number of hydrogen-bond acceptors (Lipinski definition) is 5. The fraction of sp³-hybridized carbons (Fsp3) is 0.667. The summed E-state index contributed by atoms with van der Waals surface area (Å²) in [5.41, 5.74) is 2.84. The summed E-state index contributed by atoms with van der Waals surface area (Å²) < 4.78 is 11.3. The number of carbonyl (C=O) groups is 1. The van der Waals surface area contributed by atoms with E-state index in [0.717, 1.165) is 30.5 Å². The summed E-state index contributed by atoms with van der Waals surface area (Å²) in [6.45, 7) is 12.0. The molecule has 1 saturated heterocycles. The molecule has 1 aromatic rings. The number of ether oxygens (including phenoxy) is 2. The molecule has 1 aromatic carbocycles. The second-order valence-electron chi connectivity index (χ2n) is 8.85. The summed E-state index contributed by atoms with van der Waals surface area (Å²) in [5, 5.41) is 4.21. The quantitative estimate of drug-likeness (QED) is 0.315. The minimum Gasteiger partial charge on any atom is -0.444 e. The molecule has 1 fully saturated rings. The van der Waals surface area contributed by atoms with Crippen LogP contribution in [0.2, 0.25) is 0 Å². The van der Waals surface area contributed by atoms with Crippen molar-refractivity contribution in [2.24, 2.45) is 5.16 Å². The Morgan fingerprint density at radius 1 is 1.13 bits per heavy atom. The van der Waals surface area contributed by atoms with Gasteiger partial charge < -0.3 is 19.2 Å². The number of carbonyl (C=O) groups excluding carboxylic acids is 1. The molecule has 0 radical (unpaired) electrons. The number of oxime groups is 1. The van der Waals surface area contributed by atoms with Gasteiger partial charge in [-0.15, -0.1) is 0 Å². The predicted octanol–water partition coefficient (Wildman–Crippen LogP) is 5.19. The van der Waals surface area contributed by atoms with E-state index >= 15 is 0 Å². The molecule has 0 unspecified atom stereocenters. The number of aryl methyl sites for hydroxylation is 1. The van der Waals surface area contributed by atoms with E-state index in [1.165, 1.54) is 18.4 Å². The van der Waals surface area contributed by atoms with Gasteiger partial charge in [0.1, 0.15) is 12.2 Å². The molecule has 1 aliphatic rings. The minimum absolute atomic E-state index is 0.146. The van der Waals surface area contributed by atoms with Gasteiger partial charge in [0.25, 0.3) is 0 Å². The zero-order chi connectivity index (χ0) is 22.0. The Morgan fingerprint density at radius 2 is 1.80 bits per heavy atom. The van der Waals surface area contributed by atoms with Gasteiger partial charge in [0, 0.05) is 13.1 Å². The molecule has 0 atom stereocenters. The maximum Gasteiger partial charge on any atom is 0.410 e. The Kier molecular flexibility index (Phi) is 9.63. The second kappa shape index (κ2) is 11.9. The van der Waals surface area contributed by atoms with E-state index in [4.69, 9.17) is 14.3 Å². The zero-order valence-corrected chi connectivity index (χ0v) is 19.3. The molecule has 30 heavy (non-hydrogen) atoms. The molecule has 1 heterocycles. The summed E-state index contributed by atoms with van der Waals surface area (Å²) in [7, 11) is 0. The van der Waals surface area contributed by atoms with Crippen molar-refractivity contribution >= 4 is 11.8 Å². The minimum atomic E-state index is -0.461. The first-order chi connectivity index (χ1) is 14.3. The summed E-state index contributed by atoms with van der Waals surface area (Å²) in [6.07, 6.45) is 5.08. The van der Waals surface area contributed by atoms with Crippen molar-refractivity contribution in [3.8, 4) is 0 Å². The first kappa shape index (κ1) is 24.2. The van der Waals surface area contributed by atoms with Crippen LogP contribution in [0.25, 0.3) is 0 Å². The Morgan fingerprint density at radius 3 is 2.40 bits per heavy atom. The van der Waals surface area contributed by atoms with Crippen LogP contribution in [0, 0.1) is 0 Å². The molecule has 6 nitrogen and oxygen atoms in total. The first-order valence-corrected chi connectivity index (χ1v) is 11.1. The van der Waals surface area contributed by atoms with Crippen molar-refractivity contribution in [2.75, 3.05) is 26.3 Å². The average Bonchev–Trinajstić information content (AvgIpc) is 2.71. The van der Waals surface area contributed by atoms with Crippen LogP contribution in [-0.2, 0) is 20.7 Å². The van der Waals surface area contributed by atoms with E-state index in [1.54, 1.807) is 4.90 Å². The Labute approximate surface area is 181 Å². The number of likely N-dealkylation sites (tertiary alicyclic amines) is 1. The summed E-state index contributed by atoms with van der Waals surface area (Å²) >= 11 is 0. The molecular formula is C24H38N2O4. The SMILES string of the molecule is CCCCc1ccc(C(C)=NOCCOC2CCN(C(=O)OC(C)(C)C)CC2)cc1. The highest BCUT2D eigenvalue weighted by atomic mass is 16.6. The smallest absolute Gasteiger partial charge is 0.410 e. The molecule has 0 bridgehead atoms. The molecule has 1 amide bonds. The standard InChI is InChI=1S/C24H38N2O4/c1-6-7-8-20-9-11-21(12-10-20)19(2)25-29-18-17-28-22-13-15-26(16-14-22)23(27)30-24(3,4)5/h9-12,22H,6-8,13-18H2,1-5H3. The van der Waals surface area contributed by atoms with E-state index in [-0.39, 0.29) is 12.2 Å². The second-order valence-corrected chi connectivity index (χ2v) is 8.85. The lowest BCUT2D eigenvalue weighted by Crippen LogP contribution is -2.43. The van der Waals surface area contributed by atoms with Crippen LogP contribution < -0.4 is 0 Å². The van der Waals surface area contributed by atoms with Crippen LogP contribution in [0.5, 0.6) is 0 Å². The summed E-state index contributed by atoms with van der Waals surface area (Å²) in [5.74, 6) is 0. The first-order valence-electron chi connectivity index (χ1n) is 11.1. The van der Waals surface area contributed by atoms with E-state index in [9.17, 15) is 4.79 Å². The molecule has 0 N–H and O–H groups in total. The molecule has 6 heteroatoms. The molecular weight excluding hydrogens is 380 g/mol. The number of amides is 1. The molecule has 0 aliphatic carbocycles. The van der Waals surface area contributed by atoms with Gasteiger partial charge in [0.15, 0.2) is 0 Å². The lowest BCUT2D eigenvalue weighted by molar-refractivity contribution is -0.0287. The summed E-state index contributed by atoms with van der Waals surface area (Å²) in [6, 6.07) is 8.53. The highest BCUT2D eigenvalue weighted by Gasteiger charge is 2.27. The number of benzene rings is 1. The van der Waals surface area contributed by atoms with Crippen LogP contribution in [0.15, 0.2) is 29.4 Å². The van der Waals surface area contributed by atoms with Gasteiger partial charge in [-0.25, -0.2) is 4.79 Å². The van der Waals surface area contributed by atoms with Crippen molar-refractivity contribution in [1.29, 1.82) is 0 Å². The normalized spacial score (nSPS) is 15.9. The van der Waals surface area contributed by atoms with Gasteiger partial charge in [0.2, 0.25) is 0 Å². The molecule has 1 aliphatic heterocycles. The maximum atomic E-state index is 12.1. The van der Waals surface area contributed by atoms with Gasteiger partial charge in [-0.2, -0.15) is 0 Å². The third kappa shape index (κ3) is 8.74. The Hall–Kier alpha value is -2.08. The maximum absolute atomic E-state index is 12.1. The molecule has 168 valence electrons. The third-order valence-electron chi connectivity index (χ3n) is 5.01. The number of hydrogen-bond donors (Lipinski definition) is 0. The van der Waals surface area contributed by atoms with Crippen LogP contribution in [0.1, 0.15) is 71.4 Å². The van der Waals surface area contributed by atoms with E-state index in [2.05, 4.69) is 36.3 Å². The van der Waals surface area contributed by atoms with Crippen LogP contribution in [0.3, 0.4) is 0 Å². The zero-order valence-electron chi connectivity index (χ0n) is 19.3. The third-order valence-corrected chi connectivity index (χ3v) is 5.01. The van der Waals surface area contributed by atoms with Gasteiger partial charge in [0.05, 0.1) is 18.4 Å². The lowest BCUT2D eigenvalue weighted by Gasteiger charge is -2.33. The highest BCUT2D eigenvalue weighted by Crippen LogP contribution is 2.17. The largest absolute Gasteiger partial charge is 0.444 e. The fourth-order valence-electron chi connectivity index (χ4n) is 3.27. The van der Waals surface area contributed by atoms with Gasteiger partial charge in [-0.05, 0) is 64.5 Å². The average molecular weight is 419 g/mol. The van der Waals surface area contributed by atoms with Crippen LogP contribution in [0.4, 0.5) is 4.79 Å². The molecule has 0 aromatic heterocycles. The van der Waals surface area contributed by atoms with Crippen molar-refractivity contribution < 1.29 is 19.1 Å². The van der Waals surface area contributed by atoms with E-state index in [1.807, 2.05) is 27.7 Å². The van der Waals surface area contributed by atoms with Crippen LogP contribution >= 0.6 is 0 Å². The molecule has 2 rings (SSSR count). The monoisotopic (exact) mass is 418 g/mol. The number of unbranched alkanes of at least 4 members (excludes halogenated alkanes) is 1. The summed E-state index contributed by atoms with van der Waals surface area (Å²) in [4.78, 5) is 19.3. The predicted molar refractivity (Wildman–Crippen MR) is 120 cm³/mol. The van der Waals surface area contributed by atoms with E-state index in [0.29, 0.717) is 26.3 Å². The fourth-order valence-corrected chi connectivity index (χ4v) is 3.27.